The molecule has 0 saturated heterocycles. The molecule has 0 spiro atoms. The van der Waals surface area contributed by atoms with Crippen LogP contribution >= 0.6 is 0 Å². The smallest absolute Gasteiger partial charge is 0.164 e. The summed E-state index contributed by atoms with van der Waals surface area (Å²) >= 11 is 0. The van der Waals surface area contributed by atoms with Crippen LogP contribution < -0.4 is 0 Å². The second kappa shape index (κ2) is 14.3. The molecular weight excluding hydrogens is 741 g/mol. The van der Waals surface area contributed by atoms with Gasteiger partial charge in [-0.25, -0.2) is 15.0 Å². The molecule has 0 fully saturated rings. The van der Waals surface area contributed by atoms with Crippen LogP contribution in [0.15, 0.2) is 218 Å². The molecule has 0 radical (unpaired) electrons. The van der Waals surface area contributed by atoms with Crippen molar-refractivity contribution in [2.45, 2.75) is 0 Å². The van der Waals surface area contributed by atoms with Crippen molar-refractivity contribution < 1.29 is 0 Å². The second-order valence-electron chi connectivity index (χ2n) is 15.7. The highest BCUT2D eigenvalue weighted by molar-refractivity contribution is 6.23. The first kappa shape index (κ1) is 34.8. The van der Waals surface area contributed by atoms with Crippen molar-refractivity contribution >= 4 is 54.1 Å². The maximum absolute atomic E-state index is 5.05. The molecule has 61 heavy (non-hydrogen) atoms. The fraction of sp³-hybridized carbons (Fsp3) is 0. The van der Waals surface area contributed by atoms with Gasteiger partial charge in [0, 0.05) is 33.2 Å². The van der Waals surface area contributed by atoms with Crippen molar-refractivity contribution in [2.75, 3.05) is 0 Å². The second-order valence-corrected chi connectivity index (χ2v) is 15.7. The van der Waals surface area contributed by atoms with E-state index in [2.05, 4.69) is 193 Å². The van der Waals surface area contributed by atoms with Gasteiger partial charge in [0.25, 0.3) is 0 Å². The molecule has 2 heterocycles. The van der Waals surface area contributed by atoms with E-state index in [4.69, 9.17) is 15.0 Å². The molecule has 0 aliphatic heterocycles. The van der Waals surface area contributed by atoms with Gasteiger partial charge >= 0.3 is 0 Å². The summed E-state index contributed by atoms with van der Waals surface area (Å²) in [6.07, 6.45) is 0. The molecule has 4 heteroatoms. The topological polar surface area (TPSA) is 43.6 Å². The highest BCUT2D eigenvalue weighted by atomic mass is 15.0. The lowest BCUT2D eigenvalue weighted by atomic mass is 10.00. The first-order valence-corrected chi connectivity index (χ1v) is 20.7. The van der Waals surface area contributed by atoms with Gasteiger partial charge in [0.05, 0.1) is 11.0 Å². The van der Waals surface area contributed by atoms with Crippen LogP contribution in [0.1, 0.15) is 0 Å². The maximum atomic E-state index is 5.05. The molecule has 12 rings (SSSR count). The van der Waals surface area contributed by atoms with Crippen LogP contribution in [0.2, 0.25) is 0 Å². The molecule has 4 nitrogen and oxygen atoms in total. The van der Waals surface area contributed by atoms with Gasteiger partial charge in [-0.2, -0.15) is 0 Å². The highest BCUT2D eigenvalue weighted by Crippen LogP contribution is 2.39. The molecule has 0 unspecified atom stereocenters. The fourth-order valence-electron chi connectivity index (χ4n) is 8.90. The molecule has 0 bridgehead atoms. The van der Waals surface area contributed by atoms with E-state index >= 15 is 0 Å². The molecule has 0 aliphatic rings. The monoisotopic (exact) mass is 776 g/mol. The average molecular weight is 777 g/mol. The SMILES string of the molecule is c1ccc(-c2nc(-c3ccc(-c4ccc(-n5c6cc7ccccc7cc6c6c7ccccc7ccc65)cc4)cc3)nc(-c3ccc(-c4ccc5ccccc5c4)cc3)n2)cc1. The van der Waals surface area contributed by atoms with Crippen molar-refractivity contribution in [1.29, 1.82) is 0 Å². The van der Waals surface area contributed by atoms with Crippen molar-refractivity contribution in [2.24, 2.45) is 0 Å². The summed E-state index contributed by atoms with van der Waals surface area (Å²) in [4.78, 5) is 15.0. The van der Waals surface area contributed by atoms with E-state index in [1.54, 1.807) is 0 Å². The number of benzene rings is 10. The number of aromatic nitrogens is 4. The quantitative estimate of drug-likeness (QED) is 0.169. The summed E-state index contributed by atoms with van der Waals surface area (Å²) in [5.41, 5.74) is 10.9. The lowest BCUT2D eigenvalue weighted by molar-refractivity contribution is 1.07. The third-order valence-corrected chi connectivity index (χ3v) is 12.0. The highest BCUT2D eigenvalue weighted by Gasteiger charge is 2.17. The Bertz CT molecular complexity index is 3610. The molecule has 0 atom stereocenters. The maximum Gasteiger partial charge on any atom is 0.164 e. The van der Waals surface area contributed by atoms with Gasteiger partial charge < -0.3 is 4.57 Å². The summed E-state index contributed by atoms with van der Waals surface area (Å²) in [5.74, 6) is 1.92. The summed E-state index contributed by atoms with van der Waals surface area (Å²) < 4.78 is 2.41. The van der Waals surface area contributed by atoms with Gasteiger partial charge in [0.1, 0.15) is 0 Å². The van der Waals surface area contributed by atoms with Gasteiger partial charge in [0.15, 0.2) is 17.5 Å². The number of hydrogen-bond donors (Lipinski definition) is 0. The van der Waals surface area contributed by atoms with Crippen LogP contribution in [-0.2, 0) is 0 Å². The Balaban J connectivity index is 0.890. The van der Waals surface area contributed by atoms with Crippen LogP contribution in [0.3, 0.4) is 0 Å². The summed E-state index contributed by atoms with van der Waals surface area (Å²) in [6.45, 7) is 0. The van der Waals surface area contributed by atoms with Gasteiger partial charge in [-0.1, -0.05) is 182 Å². The van der Waals surface area contributed by atoms with E-state index in [1.165, 1.54) is 59.7 Å². The molecule has 0 N–H and O–H groups in total. The van der Waals surface area contributed by atoms with Crippen molar-refractivity contribution in [1.82, 2.24) is 19.5 Å². The van der Waals surface area contributed by atoms with Crippen LogP contribution in [0.25, 0.3) is 116 Å². The normalized spacial score (nSPS) is 11.6. The van der Waals surface area contributed by atoms with E-state index in [9.17, 15) is 0 Å². The van der Waals surface area contributed by atoms with Gasteiger partial charge in [0.2, 0.25) is 0 Å². The first-order chi connectivity index (χ1) is 30.2. The minimum atomic E-state index is 0.635. The Morgan fingerprint density at radius 2 is 0.705 bits per heavy atom. The van der Waals surface area contributed by atoms with E-state index in [0.29, 0.717) is 17.5 Å². The minimum absolute atomic E-state index is 0.635. The van der Waals surface area contributed by atoms with Crippen molar-refractivity contribution in [3.63, 3.8) is 0 Å². The molecule has 2 aromatic heterocycles. The van der Waals surface area contributed by atoms with E-state index in [-0.39, 0.29) is 0 Å². The average Bonchev–Trinajstić information content (AvgIpc) is 3.67. The molecule has 0 saturated carbocycles. The Hall–Kier alpha value is -8.21. The number of hydrogen-bond acceptors (Lipinski definition) is 3. The van der Waals surface area contributed by atoms with Crippen LogP contribution in [0.5, 0.6) is 0 Å². The summed E-state index contributed by atoms with van der Waals surface area (Å²) in [7, 11) is 0. The molecule has 12 aromatic rings. The lowest BCUT2D eigenvalue weighted by Crippen LogP contribution is -2.00. The van der Waals surface area contributed by atoms with E-state index < -0.39 is 0 Å². The predicted octanol–water partition coefficient (Wildman–Crippen LogP) is 14.8. The third kappa shape index (κ3) is 6.12. The van der Waals surface area contributed by atoms with E-state index in [1.807, 2.05) is 30.3 Å². The van der Waals surface area contributed by atoms with Crippen LogP contribution in [0.4, 0.5) is 0 Å². The van der Waals surface area contributed by atoms with Crippen molar-refractivity contribution in [3.05, 3.63) is 218 Å². The summed E-state index contributed by atoms with van der Waals surface area (Å²) in [6, 6.07) is 77.7. The zero-order valence-corrected chi connectivity index (χ0v) is 33.1. The Kier molecular flexibility index (Phi) is 8.13. The summed E-state index contributed by atoms with van der Waals surface area (Å²) in [5, 5.41) is 10.0. The van der Waals surface area contributed by atoms with Crippen LogP contribution in [0, 0.1) is 0 Å². The lowest BCUT2D eigenvalue weighted by Gasteiger charge is -2.11. The fourth-order valence-corrected chi connectivity index (χ4v) is 8.90. The predicted molar refractivity (Wildman–Crippen MR) is 254 cm³/mol. The number of fused-ring (bicyclic) bond motifs is 7. The Morgan fingerprint density at radius 3 is 1.34 bits per heavy atom. The molecule has 0 aliphatic carbocycles. The molecular formula is C57H36N4. The number of rotatable bonds is 6. The van der Waals surface area contributed by atoms with E-state index in [0.717, 1.165) is 39.1 Å². The largest absolute Gasteiger partial charge is 0.309 e. The Labute approximate surface area is 352 Å². The molecule has 0 amide bonds. The van der Waals surface area contributed by atoms with Gasteiger partial charge in [-0.3, -0.25) is 0 Å². The minimum Gasteiger partial charge on any atom is -0.309 e. The standard InChI is InChI=1S/C57H36N4/c1-2-12-42(13-3-1)55-58-56(60-57(59-55)44-25-20-40(21-26-44)48-27-22-37-10-4-5-14-45(37)34-48)43-23-18-38(19-24-43)39-28-31-49(32-29-39)61-52-33-30-41-11-8-9-17-50(41)54(52)51-35-46-15-6-7-16-47(46)36-53(51)61/h1-36H. The van der Waals surface area contributed by atoms with Crippen LogP contribution in [-0.4, -0.2) is 19.5 Å². The molecule has 284 valence electrons. The zero-order valence-electron chi connectivity index (χ0n) is 33.1. The Morgan fingerprint density at radius 1 is 0.262 bits per heavy atom. The van der Waals surface area contributed by atoms with Gasteiger partial charge in [-0.05, 0) is 91.0 Å². The first-order valence-electron chi connectivity index (χ1n) is 20.7. The zero-order chi connectivity index (χ0) is 40.3. The number of nitrogens with zero attached hydrogens (tertiary/aromatic N) is 4. The molecule has 10 aromatic carbocycles. The van der Waals surface area contributed by atoms with Crippen molar-refractivity contribution in [3.8, 4) is 62.1 Å². The third-order valence-electron chi connectivity index (χ3n) is 12.0. The van der Waals surface area contributed by atoms with Gasteiger partial charge in [-0.15, -0.1) is 0 Å².